The second-order valence-electron chi connectivity index (χ2n) is 4.35. The van der Waals surface area contributed by atoms with E-state index >= 15 is 0 Å². The summed E-state index contributed by atoms with van der Waals surface area (Å²) in [6.07, 6.45) is 0. The number of thiophene rings is 1. The molecule has 0 aliphatic rings. The Labute approximate surface area is 129 Å². The minimum absolute atomic E-state index is 0.604. The summed E-state index contributed by atoms with van der Waals surface area (Å²) in [4.78, 5) is 8.92. The maximum Gasteiger partial charge on any atom is 0.213 e. The van der Waals surface area contributed by atoms with Crippen molar-refractivity contribution in [3.8, 4) is 5.88 Å². The molecule has 5 nitrogen and oxygen atoms in total. The topological polar surface area (TPSA) is 58.5 Å². The third-order valence-corrected chi connectivity index (χ3v) is 3.50. The molecular formula is C15H20N4OS. The normalized spacial score (nSPS) is 11.2. The van der Waals surface area contributed by atoms with Crippen LogP contribution in [0.2, 0.25) is 0 Å². The molecule has 0 aliphatic heterocycles. The number of guanidine groups is 1. The Bertz CT molecular complexity index is 569. The van der Waals surface area contributed by atoms with E-state index in [4.69, 9.17) is 4.74 Å². The molecule has 2 aromatic rings. The molecule has 2 rings (SSSR count). The summed E-state index contributed by atoms with van der Waals surface area (Å²) in [5.41, 5.74) is 2.13. The van der Waals surface area contributed by atoms with Gasteiger partial charge in [-0.2, -0.15) is 11.3 Å². The van der Waals surface area contributed by atoms with Crippen LogP contribution in [-0.4, -0.2) is 24.6 Å². The monoisotopic (exact) mass is 304 g/mol. The van der Waals surface area contributed by atoms with Gasteiger partial charge >= 0.3 is 0 Å². The Balaban J connectivity index is 1.94. The van der Waals surface area contributed by atoms with Crippen LogP contribution in [0.3, 0.4) is 0 Å². The largest absolute Gasteiger partial charge is 0.481 e. The molecule has 0 fully saturated rings. The molecule has 0 aliphatic carbocycles. The number of hydrogen-bond donors (Lipinski definition) is 2. The molecule has 0 bridgehead atoms. The lowest BCUT2D eigenvalue weighted by molar-refractivity contribution is 0.396. The molecule has 0 amide bonds. The number of aromatic nitrogens is 1. The number of aliphatic imine (C=N–C) groups is 1. The van der Waals surface area contributed by atoms with Crippen LogP contribution in [0.25, 0.3) is 0 Å². The lowest BCUT2D eigenvalue weighted by Crippen LogP contribution is -2.37. The Kier molecular flexibility index (Phi) is 6.02. The van der Waals surface area contributed by atoms with Crippen LogP contribution in [0.15, 0.2) is 40.0 Å². The molecule has 6 heteroatoms. The molecule has 0 spiro atoms. The molecule has 21 heavy (non-hydrogen) atoms. The van der Waals surface area contributed by atoms with Crippen molar-refractivity contribution in [1.29, 1.82) is 0 Å². The number of ether oxygens (including phenoxy) is 1. The summed E-state index contributed by atoms with van der Waals surface area (Å²) >= 11 is 1.68. The molecule has 0 saturated heterocycles. The first kappa shape index (κ1) is 15.3. The van der Waals surface area contributed by atoms with Crippen molar-refractivity contribution < 1.29 is 4.74 Å². The van der Waals surface area contributed by atoms with Crippen molar-refractivity contribution in [2.45, 2.75) is 20.0 Å². The van der Waals surface area contributed by atoms with Crippen molar-refractivity contribution in [3.05, 3.63) is 46.3 Å². The third kappa shape index (κ3) is 5.07. The van der Waals surface area contributed by atoms with Gasteiger partial charge in [0.05, 0.1) is 25.9 Å². The van der Waals surface area contributed by atoms with Crippen LogP contribution in [0.1, 0.15) is 18.2 Å². The fourth-order valence-corrected chi connectivity index (χ4v) is 2.40. The molecule has 0 saturated carbocycles. The fraction of sp³-hybridized carbons (Fsp3) is 0.333. The Morgan fingerprint density at radius 2 is 2.24 bits per heavy atom. The molecule has 0 aromatic carbocycles. The van der Waals surface area contributed by atoms with Gasteiger partial charge in [-0.15, -0.1) is 0 Å². The van der Waals surface area contributed by atoms with E-state index in [0.717, 1.165) is 18.2 Å². The van der Waals surface area contributed by atoms with Crippen LogP contribution < -0.4 is 15.4 Å². The number of hydrogen-bond acceptors (Lipinski definition) is 4. The highest BCUT2D eigenvalue weighted by molar-refractivity contribution is 7.07. The van der Waals surface area contributed by atoms with Gasteiger partial charge in [-0.3, -0.25) is 0 Å². The predicted molar refractivity (Wildman–Crippen MR) is 86.8 cm³/mol. The predicted octanol–water partition coefficient (Wildman–Crippen LogP) is 2.41. The van der Waals surface area contributed by atoms with Gasteiger partial charge in [0, 0.05) is 12.6 Å². The lowest BCUT2D eigenvalue weighted by Gasteiger charge is -2.11. The standard InChI is InChI=1S/C15H20N4OS/c1-3-16-15(17-9-12-7-8-21-11-12)18-10-13-5-4-6-14(19-13)20-2/h4-8,11H,3,9-10H2,1-2H3,(H2,16,17,18). The van der Waals surface area contributed by atoms with E-state index in [9.17, 15) is 0 Å². The van der Waals surface area contributed by atoms with Crippen LogP contribution >= 0.6 is 11.3 Å². The van der Waals surface area contributed by atoms with Gasteiger partial charge in [-0.1, -0.05) is 6.07 Å². The molecule has 112 valence electrons. The van der Waals surface area contributed by atoms with Gasteiger partial charge in [-0.25, -0.2) is 9.98 Å². The number of methoxy groups -OCH3 is 1. The quantitative estimate of drug-likeness (QED) is 0.635. The lowest BCUT2D eigenvalue weighted by atomic mass is 10.3. The van der Waals surface area contributed by atoms with Gasteiger partial charge < -0.3 is 15.4 Å². The number of nitrogens with one attached hydrogen (secondary N) is 2. The van der Waals surface area contributed by atoms with Gasteiger partial charge in [0.2, 0.25) is 5.88 Å². The molecule has 2 N–H and O–H groups in total. The van der Waals surface area contributed by atoms with Crippen LogP contribution in [0.5, 0.6) is 5.88 Å². The van der Waals surface area contributed by atoms with E-state index in [-0.39, 0.29) is 0 Å². The Hall–Kier alpha value is -2.08. The highest BCUT2D eigenvalue weighted by Crippen LogP contribution is 2.07. The van der Waals surface area contributed by atoms with Crippen molar-refractivity contribution >= 4 is 17.3 Å². The second-order valence-corrected chi connectivity index (χ2v) is 5.13. The van der Waals surface area contributed by atoms with Crippen molar-refractivity contribution in [2.24, 2.45) is 4.99 Å². The molecular weight excluding hydrogens is 284 g/mol. The summed E-state index contributed by atoms with van der Waals surface area (Å²) in [7, 11) is 1.62. The molecule has 2 heterocycles. The molecule has 0 atom stereocenters. The SMILES string of the molecule is CCNC(=NCc1ccsc1)NCc1cccc(OC)n1. The van der Waals surface area contributed by atoms with E-state index in [0.29, 0.717) is 19.0 Å². The van der Waals surface area contributed by atoms with Crippen LogP contribution in [-0.2, 0) is 13.1 Å². The van der Waals surface area contributed by atoms with E-state index in [1.165, 1.54) is 5.56 Å². The zero-order valence-corrected chi connectivity index (χ0v) is 13.1. The minimum atomic E-state index is 0.604. The third-order valence-electron chi connectivity index (χ3n) is 2.77. The summed E-state index contributed by atoms with van der Waals surface area (Å²) in [6.45, 7) is 4.14. The van der Waals surface area contributed by atoms with Gasteiger partial charge in [0.15, 0.2) is 5.96 Å². The first-order valence-corrected chi connectivity index (χ1v) is 7.79. The number of nitrogens with zero attached hydrogens (tertiary/aromatic N) is 2. The maximum atomic E-state index is 5.12. The Morgan fingerprint density at radius 3 is 2.95 bits per heavy atom. The van der Waals surface area contributed by atoms with Crippen molar-refractivity contribution in [2.75, 3.05) is 13.7 Å². The van der Waals surface area contributed by atoms with E-state index in [1.54, 1.807) is 18.4 Å². The van der Waals surface area contributed by atoms with E-state index in [1.807, 2.05) is 25.1 Å². The number of pyridine rings is 1. The van der Waals surface area contributed by atoms with E-state index < -0.39 is 0 Å². The first-order valence-electron chi connectivity index (χ1n) is 6.85. The van der Waals surface area contributed by atoms with Crippen molar-refractivity contribution in [3.63, 3.8) is 0 Å². The summed E-state index contributed by atoms with van der Waals surface area (Å²) in [5.74, 6) is 1.41. The fourth-order valence-electron chi connectivity index (χ4n) is 1.74. The van der Waals surface area contributed by atoms with Crippen LogP contribution in [0, 0.1) is 0 Å². The minimum Gasteiger partial charge on any atom is -0.481 e. The highest BCUT2D eigenvalue weighted by atomic mass is 32.1. The average molecular weight is 304 g/mol. The second kappa shape index (κ2) is 8.26. The highest BCUT2D eigenvalue weighted by Gasteiger charge is 2.01. The number of rotatable bonds is 6. The van der Waals surface area contributed by atoms with E-state index in [2.05, 4.69) is 37.4 Å². The van der Waals surface area contributed by atoms with Crippen molar-refractivity contribution in [1.82, 2.24) is 15.6 Å². The summed E-state index contributed by atoms with van der Waals surface area (Å²) in [5, 5.41) is 10.7. The van der Waals surface area contributed by atoms with Crippen LogP contribution in [0.4, 0.5) is 0 Å². The Morgan fingerprint density at radius 1 is 1.33 bits per heavy atom. The van der Waals surface area contributed by atoms with Gasteiger partial charge in [0.25, 0.3) is 0 Å². The average Bonchev–Trinajstić information content (AvgIpc) is 3.03. The maximum absolute atomic E-state index is 5.12. The van der Waals surface area contributed by atoms with Gasteiger partial charge in [0.1, 0.15) is 0 Å². The van der Waals surface area contributed by atoms with Gasteiger partial charge in [-0.05, 0) is 35.4 Å². The zero-order valence-electron chi connectivity index (χ0n) is 12.3. The molecule has 0 unspecified atom stereocenters. The molecule has 2 aromatic heterocycles. The smallest absolute Gasteiger partial charge is 0.213 e. The zero-order chi connectivity index (χ0) is 14.9. The molecule has 0 radical (unpaired) electrons. The summed E-state index contributed by atoms with van der Waals surface area (Å²) in [6, 6.07) is 7.80. The summed E-state index contributed by atoms with van der Waals surface area (Å²) < 4.78 is 5.12. The first-order chi connectivity index (χ1) is 10.3.